The van der Waals surface area contributed by atoms with E-state index >= 15 is 0 Å². The molecule has 1 saturated heterocycles. The zero-order valence-electron chi connectivity index (χ0n) is 7.61. The van der Waals surface area contributed by atoms with Gasteiger partial charge in [-0.2, -0.15) is 0 Å². The third-order valence-electron chi connectivity index (χ3n) is 2.34. The summed E-state index contributed by atoms with van der Waals surface area (Å²) in [7, 11) is 0. The van der Waals surface area contributed by atoms with E-state index in [1.54, 1.807) is 6.20 Å². The molecule has 2 rings (SSSR count). The number of nitrogens with zero attached hydrogens (tertiary/aromatic N) is 1. The number of rotatable bonds is 2. The van der Waals surface area contributed by atoms with Crippen LogP contribution in [0.3, 0.4) is 0 Å². The molecule has 68 valence electrons. The lowest BCUT2D eigenvalue weighted by atomic mass is 10.1. The summed E-state index contributed by atoms with van der Waals surface area (Å²) in [5.74, 6) is 0.709. The molecular weight excluding hydrogens is 160 g/mol. The molecule has 2 nitrogen and oxygen atoms in total. The fourth-order valence-electron chi connectivity index (χ4n) is 1.56. The summed E-state index contributed by atoms with van der Waals surface area (Å²) in [6.45, 7) is 2.28. The lowest BCUT2D eigenvalue weighted by Crippen LogP contribution is -2.07. The molecule has 1 N–H and O–H groups in total. The van der Waals surface area contributed by atoms with Crippen LogP contribution in [0.15, 0.2) is 30.6 Å². The first-order valence-corrected chi connectivity index (χ1v) is 4.74. The van der Waals surface area contributed by atoms with E-state index in [-0.39, 0.29) is 0 Å². The van der Waals surface area contributed by atoms with E-state index < -0.39 is 0 Å². The van der Waals surface area contributed by atoms with Gasteiger partial charge < -0.3 is 5.32 Å². The molecule has 1 aromatic rings. The quantitative estimate of drug-likeness (QED) is 0.738. The van der Waals surface area contributed by atoms with Crippen molar-refractivity contribution < 1.29 is 0 Å². The maximum Gasteiger partial charge on any atom is 0.0340 e. The predicted molar refractivity (Wildman–Crippen MR) is 54.2 cm³/mol. The van der Waals surface area contributed by atoms with Crippen LogP contribution in [0.1, 0.15) is 12.0 Å². The molecule has 0 amide bonds. The summed E-state index contributed by atoms with van der Waals surface area (Å²) in [6, 6.07) is 4.04. The second-order valence-electron chi connectivity index (χ2n) is 3.40. The Kier molecular flexibility index (Phi) is 2.72. The van der Waals surface area contributed by atoms with Gasteiger partial charge in [0.05, 0.1) is 0 Å². The second kappa shape index (κ2) is 4.19. The van der Waals surface area contributed by atoms with Crippen LogP contribution in [0.25, 0.3) is 6.08 Å². The topological polar surface area (TPSA) is 24.9 Å². The minimum absolute atomic E-state index is 0.709. The van der Waals surface area contributed by atoms with Crippen molar-refractivity contribution in [1.29, 1.82) is 0 Å². The van der Waals surface area contributed by atoms with Crippen LogP contribution in [0.2, 0.25) is 0 Å². The van der Waals surface area contributed by atoms with E-state index in [0.29, 0.717) is 5.92 Å². The largest absolute Gasteiger partial charge is 0.316 e. The van der Waals surface area contributed by atoms with Gasteiger partial charge in [-0.15, -0.1) is 0 Å². The lowest BCUT2D eigenvalue weighted by Gasteiger charge is -1.98. The maximum atomic E-state index is 4.06. The third kappa shape index (κ3) is 2.39. The van der Waals surface area contributed by atoms with Gasteiger partial charge in [0.15, 0.2) is 0 Å². The van der Waals surface area contributed by atoms with Gasteiger partial charge in [0.1, 0.15) is 0 Å². The number of nitrogens with one attached hydrogen (secondary N) is 1. The fraction of sp³-hybridized carbons (Fsp3) is 0.364. The summed E-state index contributed by atoms with van der Waals surface area (Å²) >= 11 is 0. The Balaban J connectivity index is 1.97. The molecule has 2 heteroatoms. The minimum atomic E-state index is 0.709. The summed E-state index contributed by atoms with van der Waals surface area (Å²) in [5.41, 5.74) is 1.19. The van der Waals surface area contributed by atoms with Gasteiger partial charge in [-0.25, -0.2) is 0 Å². The predicted octanol–water partition coefficient (Wildman–Crippen LogP) is 1.70. The number of aromatic nitrogens is 1. The smallest absolute Gasteiger partial charge is 0.0340 e. The van der Waals surface area contributed by atoms with Gasteiger partial charge >= 0.3 is 0 Å². The van der Waals surface area contributed by atoms with Crippen LogP contribution < -0.4 is 5.32 Å². The highest BCUT2D eigenvalue weighted by molar-refractivity contribution is 5.47. The van der Waals surface area contributed by atoms with Crippen molar-refractivity contribution in [1.82, 2.24) is 10.3 Å². The molecule has 0 spiro atoms. The van der Waals surface area contributed by atoms with Crippen LogP contribution in [0.4, 0.5) is 0 Å². The first-order chi connectivity index (χ1) is 6.45. The van der Waals surface area contributed by atoms with Gasteiger partial charge in [0.25, 0.3) is 0 Å². The van der Waals surface area contributed by atoms with Gasteiger partial charge in [0.2, 0.25) is 0 Å². The molecule has 1 aromatic heterocycles. The highest BCUT2D eigenvalue weighted by Crippen LogP contribution is 2.11. The van der Waals surface area contributed by atoms with Crippen molar-refractivity contribution in [3.63, 3.8) is 0 Å². The molecule has 13 heavy (non-hydrogen) atoms. The number of hydrogen-bond acceptors (Lipinski definition) is 2. The van der Waals surface area contributed by atoms with Crippen LogP contribution in [-0.4, -0.2) is 18.1 Å². The Morgan fingerprint density at radius 3 is 3.23 bits per heavy atom. The monoisotopic (exact) mass is 174 g/mol. The van der Waals surface area contributed by atoms with E-state index in [1.165, 1.54) is 12.0 Å². The number of hydrogen-bond donors (Lipinski definition) is 1. The lowest BCUT2D eigenvalue weighted by molar-refractivity contribution is 0.731. The Hall–Kier alpha value is -1.15. The summed E-state index contributed by atoms with van der Waals surface area (Å²) in [4.78, 5) is 4.06. The molecule has 1 fully saturated rings. The van der Waals surface area contributed by atoms with E-state index in [4.69, 9.17) is 0 Å². The van der Waals surface area contributed by atoms with Crippen LogP contribution in [0.5, 0.6) is 0 Å². The van der Waals surface area contributed by atoms with Crippen molar-refractivity contribution in [2.24, 2.45) is 5.92 Å². The normalized spacial score (nSPS) is 22.6. The highest BCUT2D eigenvalue weighted by Gasteiger charge is 2.09. The molecule has 1 aliphatic heterocycles. The van der Waals surface area contributed by atoms with Crippen molar-refractivity contribution in [3.05, 3.63) is 36.2 Å². The highest BCUT2D eigenvalue weighted by atomic mass is 14.9. The second-order valence-corrected chi connectivity index (χ2v) is 3.40. The average molecular weight is 174 g/mol. The molecular formula is C11H14N2. The van der Waals surface area contributed by atoms with Gasteiger partial charge in [-0.05, 0) is 30.5 Å². The summed E-state index contributed by atoms with van der Waals surface area (Å²) in [5, 5.41) is 3.34. The van der Waals surface area contributed by atoms with Crippen molar-refractivity contribution >= 4 is 6.08 Å². The van der Waals surface area contributed by atoms with E-state index in [0.717, 1.165) is 13.1 Å². The molecule has 1 unspecified atom stereocenters. The van der Waals surface area contributed by atoms with Gasteiger partial charge in [0, 0.05) is 18.9 Å². The Morgan fingerprint density at radius 1 is 1.54 bits per heavy atom. The maximum absolute atomic E-state index is 4.06. The van der Waals surface area contributed by atoms with Crippen LogP contribution in [-0.2, 0) is 0 Å². The first kappa shape index (κ1) is 8.45. The standard InChI is InChI=1S/C11H14N2/c1-2-10(8-12-6-1)3-4-11-5-7-13-9-11/h1-4,6,8,11,13H,5,7,9H2. The van der Waals surface area contributed by atoms with E-state index in [9.17, 15) is 0 Å². The summed E-state index contributed by atoms with van der Waals surface area (Å²) < 4.78 is 0. The van der Waals surface area contributed by atoms with Gasteiger partial charge in [-0.3, -0.25) is 4.98 Å². The average Bonchev–Trinajstić information content (AvgIpc) is 2.69. The fourth-order valence-corrected chi connectivity index (χ4v) is 1.56. The molecule has 0 aliphatic carbocycles. The Bertz CT molecular complexity index is 273. The summed E-state index contributed by atoms with van der Waals surface area (Å²) in [6.07, 6.45) is 9.38. The number of pyridine rings is 1. The molecule has 1 atom stereocenters. The molecule has 2 heterocycles. The van der Waals surface area contributed by atoms with Crippen molar-refractivity contribution in [2.45, 2.75) is 6.42 Å². The molecule has 0 bridgehead atoms. The molecule has 0 aromatic carbocycles. The zero-order valence-corrected chi connectivity index (χ0v) is 7.61. The Morgan fingerprint density at radius 2 is 2.54 bits per heavy atom. The Labute approximate surface area is 78.7 Å². The van der Waals surface area contributed by atoms with E-state index in [1.807, 2.05) is 12.3 Å². The van der Waals surface area contributed by atoms with Crippen molar-refractivity contribution in [2.75, 3.05) is 13.1 Å². The molecule has 0 radical (unpaired) electrons. The first-order valence-electron chi connectivity index (χ1n) is 4.74. The minimum Gasteiger partial charge on any atom is -0.316 e. The third-order valence-corrected chi connectivity index (χ3v) is 2.34. The van der Waals surface area contributed by atoms with E-state index in [2.05, 4.69) is 28.5 Å². The van der Waals surface area contributed by atoms with Gasteiger partial charge in [-0.1, -0.05) is 18.2 Å². The molecule has 1 aliphatic rings. The molecule has 0 saturated carbocycles. The van der Waals surface area contributed by atoms with Crippen molar-refractivity contribution in [3.8, 4) is 0 Å². The SMILES string of the molecule is C(=CC1CCNC1)c1cccnc1. The van der Waals surface area contributed by atoms with Crippen LogP contribution in [0, 0.1) is 5.92 Å². The van der Waals surface area contributed by atoms with Crippen LogP contribution >= 0.6 is 0 Å². The zero-order chi connectivity index (χ0) is 8.93.